The molecular weight excluding hydrogens is 252 g/mol. The van der Waals surface area contributed by atoms with Crippen molar-refractivity contribution in [2.75, 3.05) is 31.8 Å². The summed E-state index contributed by atoms with van der Waals surface area (Å²) in [6.07, 6.45) is 0.876. The Balaban J connectivity index is 1.97. The average Bonchev–Trinajstić information content (AvgIpc) is 2.47. The highest BCUT2D eigenvalue weighted by Gasteiger charge is 2.02. The lowest BCUT2D eigenvalue weighted by atomic mass is 10.1. The van der Waals surface area contributed by atoms with Crippen LogP contribution in [0.5, 0.6) is 11.5 Å². The Bertz CT molecular complexity index is 570. The van der Waals surface area contributed by atoms with E-state index in [0.717, 1.165) is 30.2 Å². The molecule has 2 rings (SSSR count). The predicted molar refractivity (Wildman–Crippen MR) is 82.6 cm³/mol. The van der Waals surface area contributed by atoms with Gasteiger partial charge in [-0.15, -0.1) is 0 Å². The zero-order valence-electron chi connectivity index (χ0n) is 11.8. The fourth-order valence-corrected chi connectivity index (χ4v) is 2.09. The van der Waals surface area contributed by atoms with Crippen molar-refractivity contribution in [3.63, 3.8) is 0 Å². The third-order valence-corrected chi connectivity index (χ3v) is 3.08. The number of ether oxygens (including phenoxy) is 2. The second-order valence-corrected chi connectivity index (χ2v) is 4.48. The van der Waals surface area contributed by atoms with E-state index in [4.69, 9.17) is 15.2 Å². The number of hydrogen-bond acceptors (Lipinski definition) is 4. The Hall–Kier alpha value is -2.36. The number of hydrogen-bond donors (Lipinski definition) is 2. The summed E-state index contributed by atoms with van der Waals surface area (Å²) < 4.78 is 10.5. The van der Waals surface area contributed by atoms with Gasteiger partial charge in [0.2, 0.25) is 0 Å². The molecule has 2 aromatic carbocycles. The van der Waals surface area contributed by atoms with Crippen LogP contribution in [-0.2, 0) is 6.42 Å². The molecule has 0 aliphatic heterocycles. The topological polar surface area (TPSA) is 56.5 Å². The summed E-state index contributed by atoms with van der Waals surface area (Å²) in [7, 11) is 3.32. The maximum atomic E-state index is 5.82. The molecule has 0 aromatic heterocycles. The van der Waals surface area contributed by atoms with Gasteiger partial charge in [0.15, 0.2) is 0 Å². The van der Waals surface area contributed by atoms with E-state index in [2.05, 4.69) is 11.4 Å². The fraction of sp³-hybridized carbons (Fsp3) is 0.250. The molecule has 106 valence electrons. The van der Waals surface area contributed by atoms with Gasteiger partial charge in [-0.05, 0) is 24.1 Å². The molecule has 0 bridgehead atoms. The lowest BCUT2D eigenvalue weighted by Gasteiger charge is -2.11. The van der Waals surface area contributed by atoms with Gasteiger partial charge in [-0.1, -0.05) is 18.2 Å². The Morgan fingerprint density at radius 1 is 1.05 bits per heavy atom. The van der Waals surface area contributed by atoms with Crippen LogP contribution in [0.15, 0.2) is 42.5 Å². The van der Waals surface area contributed by atoms with Crippen LogP contribution in [0, 0.1) is 0 Å². The largest absolute Gasteiger partial charge is 0.497 e. The third-order valence-electron chi connectivity index (χ3n) is 3.08. The minimum Gasteiger partial charge on any atom is -0.497 e. The van der Waals surface area contributed by atoms with Crippen molar-refractivity contribution in [3.8, 4) is 11.5 Å². The van der Waals surface area contributed by atoms with Crippen LogP contribution in [0.3, 0.4) is 0 Å². The zero-order chi connectivity index (χ0) is 14.4. The van der Waals surface area contributed by atoms with Crippen molar-refractivity contribution in [3.05, 3.63) is 48.0 Å². The summed E-state index contributed by atoms with van der Waals surface area (Å²) in [5.41, 5.74) is 8.64. The van der Waals surface area contributed by atoms with Crippen molar-refractivity contribution in [1.29, 1.82) is 0 Å². The predicted octanol–water partition coefficient (Wildman–Crippen LogP) is 2.94. The molecule has 0 aliphatic carbocycles. The van der Waals surface area contributed by atoms with Gasteiger partial charge in [-0.3, -0.25) is 0 Å². The molecule has 0 saturated heterocycles. The standard InChI is InChI=1S/C16H20N2O2/c1-19-15-10-13(17)9-14(11-15)18-8-7-12-5-3-4-6-16(12)20-2/h3-6,9-11,18H,7-8,17H2,1-2H3. The highest BCUT2D eigenvalue weighted by Crippen LogP contribution is 2.23. The van der Waals surface area contributed by atoms with E-state index in [-0.39, 0.29) is 0 Å². The summed E-state index contributed by atoms with van der Waals surface area (Å²) in [5.74, 6) is 1.67. The van der Waals surface area contributed by atoms with Crippen molar-refractivity contribution < 1.29 is 9.47 Å². The minimum absolute atomic E-state index is 0.684. The van der Waals surface area contributed by atoms with E-state index in [9.17, 15) is 0 Å². The molecule has 2 aromatic rings. The van der Waals surface area contributed by atoms with E-state index < -0.39 is 0 Å². The Labute approximate surface area is 119 Å². The number of nitrogen functional groups attached to an aromatic ring is 1. The van der Waals surface area contributed by atoms with Gasteiger partial charge in [-0.2, -0.15) is 0 Å². The van der Waals surface area contributed by atoms with Gasteiger partial charge in [0.25, 0.3) is 0 Å². The van der Waals surface area contributed by atoms with E-state index in [1.807, 2.05) is 30.3 Å². The van der Waals surface area contributed by atoms with Crippen LogP contribution in [0.2, 0.25) is 0 Å². The quantitative estimate of drug-likeness (QED) is 0.794. The smallest absolute Gasteiger partial charge is 0.122 e. The SMILES string of the molecule is COc1cc(N)cc(NCCc2ccccc2OC)c1. The molecule has 3 N–H and O–H groups in total. The van der Waals surface area contributed by atoms with E-state index >= 15 is 0 Å². The molecule has 0 unspecified atom stereocenters. The van der Waals surface area contributed by atoms with Crippen LogP contribution in [-0.4, -0.2) is 20.8 Å². The van der Waals surface area contributed by atoms with E-state index in [1.165, 1.54) is 5.56 Å². The van der Waals surface area contributed by atoms with Gasteiger partial charge in [0.05, 0.1) is 14.2 Å². The van der Waals surface area contributed by atoms with Crippen molar-refractivity contribution >= 4 is 11.4 Å². The molecule has 0 spiro atoms. The maximum absolute atomic E-state index is 5.82. The number of anilines is 2. The van der Waals surface area contributed by atoms with Crippen LogP contribution in [0.4, 0.5) is 11.4 Å². The first-order valence-electron chi connectivity index (χ1n) is 6.53. The third kappa shape index (κ3) is 3.57. The monoisotopic (exact) mass is 272 g/mol. The average molecular weight is 272 g/mol. The molecule has 0 aliphatic rings. The van der Waals surface area contributed by atoms with Crippen LogP contribution in [0.25, 0.3) is 0 Å². The molecule has 0 atom stereocenters. The van der Waals surface area contributed by atoms with Gasteiger partial charge < -0.3 is 20.5 Å². The highest BCUT2D eigenvalue weighted by molar-refractivity contribution is 5.59. The highest BCUT2D eigenvalue weighted by atomic mass is 16.5. The van der Waals surface area contributed by atoms with Gasteiger partial charge in [0, 0.05) is 30.1 Å². The van der Waals surface area contributed by atoms with Crippen molar-refractivity contribution in [1.82, 2.24) is 0 Å². The number of benzene rings is 2. The zero-order valence-corrected chi connectivity index (χ0v) is 11.8. The van der Waals surface area contributed by atoms with Gasteiger partial charge >= 0.3 is 0 Å². The molecule has 0 saturated carbocycles. The first kappa shape index (κ1) is 14.1. The molecular formula is C16H20N2O2. The number of methoxy groups -OCH3 is 2. The molecule has 0 heterocycles. The normalized spacial score (nSPS) is 10.1. The Kier molecular flexibility index (Phi) is 4.71. The maximum Gasteiger partial charge on any atom is 0.122 e. The minimum atomic E-state index is 0.684. The second kappa shape index (κ2) is 6.70. The molecule has 0 amide bonds. The van der Waals surface area contributed by atoms with Crippen molar-refractivity contribution in [2.24, 2.45) is 0 Å². The molecule has 4 heteroatoms. The van der Waals surface area contributed by atoms with Crippen LogP contribution < -0.4 is 20.5 Å². The molecule has 4 nitrogen and oxygen atoms in total. The van der Waals surface area contributed by atoms with Gasteiger partial charge in [-0.25, -0.2) is 0 Å². The summed E-state index contributed by atoms with van der Waals surface area (Å²) >= 11 is 0. The molecule has 0 radical (unpaired) electrons. The first-order valence-corrected chi connectivity index (χ1v) is 6.53. The summed E-state index contributed by atoms with van der Waals surface area (Å²) in [6, 6.07) is 13.6. The summed E-state index contributed by atoms with van der Waals surface area (Å²) in [4.78, 5) is 0. The summed E-state index contributed by atoms with van der Waals surface area (Å²) in [6.45, 7) is 0.799. The lowest BCUT2D eigenvalue weighted by Crippen LogP contribution is -2.06. The Morgan fingerprint density at radius 2 is 1.85 bits per heavy atom. The molecule has 20 heavy (non-hydrogen) atoms. The number of para-hydroxylation sites is 1. The van der Waals surface area contributed by atoms with Gasteiger partial charge in [0.1, 0.15) is 11.5 Å². The second-order valence-electron chi connectivity index (χ2n) is 4.48. The first-order chi connectivity index (χ1) is 9.72. The molecule has 0 fully saturated rings. The number of nitrogens with one attached hydrogen (secondary N) is 1. The number of rotatable bonds is 6. The van der Waals surface area contributed by atoms with Crippen molar-refractivity contribution in [2.45, 2.75) is 6.42 Å². The van der Waals surface area contributed by atoms with E-state index in [0.29, 0.717) is 5.69 Å². The number of nitrogens with two attached hydrogens (primary N) is 1. The fourth-order valence-electron chi connectivity index (χ4n) is 2.09. The summed E-state index contributed by atoms with van der Waals surface area (Å²) in [5, 5.41) is 3.34. The van der Waals surface area contributed by atoms with Crippen LogP contribution >= 0.6 is 0 Å². The Morgan fingerprint density at radius 3 is 2.60 bits per heavy atom. The lowest BCUT2D eigenvalue weighted by molar-refractivity contribution is 0.410. The van der Waals surface area contributed by atoms with Crippen LogP contribution in [0.1, 0.15) is 5.56 Å². The van der Waals surface area contributed by atoms with E-state index in [1.54, 1.807) is 20.3 Å².